The highest BCUT2D eigenvalue weighted by Gasteiger charge is 2.27. The summed E-state index contributed by atoms with van der Waals surface area (Å²) >= 11 is 3.39. The van der Waals surface area contributed by atoms with Crippen molar-refractivity contribution >= 4 is 27.9 Å². The Kier molecular flexibility index (Phi) is 6.21. The van der Waals surface area contributed by atoms with Crippen LogP contribution in [0.5, 0.6) is 0 Å². The first-order valence-corrected chi connectivity index (χ1v) is 6.82. The third kappa shape index (κ3) is 4.45. The van der Waals surface area contributed by atoms with Crippen molar-refractivity contribution < 1.29 is 15.0 Å². The fraction of sp³-hybridized carbons (Fsp3) is 0.357. The van der Waals surface area contributed by atoms with Crippen LogP contribution in [-0.2, 0) is 4.79 Å². The summed E-state index contributed by atoms with van der Waals surface area (Å²) < 4.78 is 0.894. The molecular formula is C14H18BrNO3. The summed E-state index contributed by atoms with van der Waals surface area (Å²) in [6, 6.07) is 7.52. The number of hydrogen-bond acceptors (Lipinski definition) is 3. The Morgan fingerprint density at radius 1 is 1.37 bits per heavy atom. The maximum Gasteiger partial charge on any atom is 0.244 e. The van der Waals surface area contributed by atoms with Crippen LogP contribution in [0.15, 0.2) is 34.8 Å². The zero-order valence-corrected chi connectivity index (χ0v) is 12.4. The average molecular weight is 328 g/mol. The van der Waals surface area contributed by atoms with E-state index in [0.29, 0.717) is 6.42 Å². The fourth-order valence-electron chi connectivity index (χ4n) is 1.52. The Labute approximate surface area is 121 Å². The van der Waals surface area contributed by atoms with Crippen molar-refractivity contribution in [3.05, 3.63) is 40.4 Å². The largest absolute Gasteiger partial charge is 0.394 e. The van der Waals surface area contributed by atoms with Crippen LogP contribution in [0, 0.1) is 0 Å². The first-order valence-electron chi connectivity index (χ1n) is 6.03. The molecule has 0 heterocycles. The fourth-order valence-corrected chi connectivity index (χ4v) is 1.94. The van der Waals surface area contributed by atoms with Crippen molar-refractivity contribution in [2.45, 2.75) is 18.9 Å². The standard InChI is InChI=1S/C14H18BrNO3/c1-2-14(9-17,10-18)16-13(19)8-7-11-5-3-4-6-12(11)15/h3-8,17-18H,2,9-10H2,1H3,(H,16,19)/b8-7+. The zero-order valence-electron chi connectivity index (χ0n) is 10.8. The van der Waals surface area contributed by atoms with Gasteiger partial charge < -0.3 is 15.5 Å². The second kappa shape index (κ2) is 7.43. The Morgan fingerprint density at radius 2 is 2.00 bits per heavy atom. The number of carbonyl (C=O) groups is 1. The maximum atomic E-state index is 11.8. The molecule has 1 aromatic carbocycles. The van der Waals surface area contributed by atoms with Crippen LogP contribution in [0.3, 0.4) is 0 Å². The molecule has 0 atom stereocenters. The second-order valence-electron chi connectivity index (χ2n) is 4.29. The van der Waals surface area contributed by atoms with E-state index >= 15 is 0 Å². The lowest BCUT2D eigenvalue weighted by molar-refractivity contribution is -0.119. The predicted molar refractivity (Wildman–Crippen MR) is 78.5 cm³/mol. The van der Waals surface area contributed by atoms with Crippen molar-refractivity contribution in [3.63, 3.8) is 0 Å². The molecule has 1 rings (SSSR count). The number of carbonyl (C=O) groups excluding carboxylic acids is 1. The lowest BCUT2D eigenvalue weighted by Gasteiger charge is -2.29. The molecule has 0 aliphatic carbocycles. The summed E-state index contributed by atoms with van der Waals surface area (Å²) in [6.07, 6.45) is 3.51. The highest BCUT2D eigenvalue weighted by Crippen LogP contribution is 2.17. The third-order valence-electron chi connectivity index (χ3n) is 2.99. The van der Waals surface area contributed by atoms with Crippen molar-refractivity contribution in [1.29, 1.82) is 0 Å². The lowest BCUT2D eigenvalue weighted by atomic mass is 9.98. The number of benzene rings is 1. The van der Waals surface area contributed by atoms with Crippen LogP contribution in [0.2, 0.25) is 0 Å². The third-order valence-corrected chi connectivity index (χ3v) is 3.71. The average Bonchev–Trinajstić information content (AvgIpc) is 2.44. The van der Waals surface area contributed by atoms with Crippen molar-refractivity contribution in [2.24, 2.45) is 0 Å². The van der Waals surface area contributed by atoms with Crippen LogP contribution in [0.4, 0.5) is 0 Å². The van der Waals surface area contributed by atoms with Gasteiger partial charge in [0.15, 0.2) is 0 Å². The zero-order chi connectivity index (χ0) is 14.3. The smallest absolute Gasteiger partial charge is 0.244 e. The van der Waals surface area contributed by atoms with Gasteiger partial charge in [0.25, 0.3) is 0 Å². The number of nitrogens with one attached hydrogen (secondary N) is 1. The van der Waals surface area contributed by atoms with Gasteiger partial charge in [0.1, 0.15) is 0 Å². The van der Waals surface area contributed by atoms with E-state index in [0.717, 1.165) is 10.0 Å². The SMILES string of the molecule is CCC(CO)(CO)NC(=O)/C=C/c1ccccc1Br. The highest BCUT2D eigenvalue weighted by atomic mass is 79.9. The molecule has 0 aliphatic heterocycles. The van der Waals surface area contributed by atoms with Crippen molar-refractivity contribution in [2.75, 3.05) is 13.2 Å². The van der Waals surface area contributed by atoms with Gasteiger partial charge in [-0.05, 0) is 24.1 Å². The molecule has 104 valence electrons. The molecule has 0 bridgehead atoms. The summed E-state index contributed by atoms with van der Waals surface area (Å²) in [5.74, 6) is -0.347. The number of aliphatic hydroxyl groups is 2. The van der Waals surface area contributed by atoms with E-state index in [4.69, 9.17) is 0 Å². The van der Waals surface area contributed by atoms with E-state index in [1.54, 1.807) is 13.0 Å². The molecule has 1 amide bonds. The van der Waals surface area contributed by atoms with Gasteiger partial charge in [-0.3, -0.25) is 4.79 Å². The van der Waals surface area contributed by atoms with Crippen LogP contribution >= 0.6 is 15.9 Å². The summed E-state index contributed by atoms with van der Waals surface area (Å²) in [7, 11) is 0. The number of hydrogen-bond donors (Lipinski definition) is 3. The molecule has 0 radical (unpaired) electrons. The van der Waals surface area contributed by atoms with Gasteiger partial charge in [-0.15, -0.1) is 0 Å². The highest BCUT2D eigenvalue weighted by molar-refractivity contribution is 9.10. The van der Waals surface area contributed by atoms with Gasteiger partial charge >= 0.3 is 0 Å². The molecule has 1 aromatic rings. The molecule has 5 heteroatoms. The molecule has 0 aromatic heterocycles. The van der Waals surface area contributed by atoms with Gasteiger partial charge in [0.2, 0.25) is 5.91 Å². The normalized spacial score (nSPS) is 11.8. The number of amides is 1. The minimum Gasteiger partial charge on any atom is -0.394 e. The molecule has 0 saturated carbocycles. The number of aliphatic hydroxyl groups excluding tert-OH is 2. The van der Waals surface area contributed by atoms with Gasteiger partial charge in [-0.2, -0.15) is 0 Å². The monoisotopic (exact) mass is 327 g/mol. The number of rotatable bonds is 6. The molecule has 0 fully saturated rings. The maximum absolute atomic E-state index is 11.8. The van der Waals surface area contributed by atoms with E-state index in [-0.39, 0.29) is 19.1 Å². The molecule has 0 spiro atoms. The molecule has 0 aliphatic rings. The topological polar surface area (TPSA) is 69.6 Å². The van der Waals surface area contributed by atoms with Crippen LogP contribution in [0.1, 0.15) is 18.9 Å². The molecule has 0 unspecified atom stereocenters. The van der Waals surface area contributed by atoms with E-state index in [2.05, 4.69) is 21.2 Å². The van der Waals surface area contributed by atoms with Crippen LogP contribution in [0.25, 0.3) is 6.08 Å². The molecule has 4 nitrogen and oxygen atoms in total. The Balaban J connectivity index is 2.73. The van der Waals surface area contributed by atoms with Gasteiger partial charge in [0, 0.05) is 10.5 Å². The minimum absolute atomic E-state index is 0.297. The summed E-state index contributed by atoms with van der Waals surface area (Å²) in [5, 5.41) is 21.1. The molecule has 0 saturated heterocycles. The first-order chi connectivity index (χ1) is 9.06. The minimum atomic E-state index is -0.963. The Bertz CT molecular complexity index is 447. The van der Waals surface area contributed by atoms with Gasteiger partial charge in [0.05, 0.1) is 18.8 Å². The van der Waals surface area contributed by atoms with E-state index in [9.17, 15) is 15.0 Å². The Hall–Kier alpha value is -1.17. The molecular weight excluding hydrogens is 310 g/mol. The van der Waals surface area contributed by atoms with Crippen molar-refractivity contribution in [3.8, 4) is 0 Å². The molecule has 3 N–H and O–H groups in total. The number of halogens is 1. The van der Waals surface area contributed by atoms with Crippen LogP contribution < -0.4 is 5.32 Å². The summed E-state index contributed by atoms with van der Waals surface area (Å²) in [4.78, 5) is 11.8. The Morgan fingerprint density at radius 3 is 2.53 bits per heavy atom. The summed E-state index contributed by atoms with van der Waals surface area (Å²) in [6.45, 7) is 1.20. The van der Waals surface area contributed by atoms with Crippen molar-refractivity contribution in [1.82, 2.24) is 5.32 Å². The molecule has 19 heavy (non-hydrogen) atoms. The van der Waals surface area contributed by atoms with Gasteiger partial charge in [-0.25, -0.2) is 0 Å². The first kappa shape index (κ1) is 15.9. The van der Waals surface area contributed by atoms with Crippen LogP contribution in [-0.4, -0.2) is 34.9 Å². The summed E-state index contributed by atoms with van der Waals surface area (Å²) in [5.41, 5.74) is -0.0808. The second-order valence-corrected chi connectivity index (χ2v) is 5.15. The lowest BCUT2D eigenvalue weighted by Crippen LogP contribution is -2.53. The van der Waals surface area contributed by atoms with E-state index in [1.807, 2.05) is 24.3 Å². The predicted octanol–water partition coefficient (Wildman–Crippen LogP) is 1.71. The van der Waals surface area contributed by atoms with E-state index in [1.165, 1.54) is 6.08 Å². The quantitative estimate of drug-likeness (QED) is 0.697. The van der Waals surface area contributed by atoms with Gasteiger partial charge in [-0.1, -0.05) is 41.1 Å². The van der Waals surface area contributed by atoms with E-state index < -0.39 is 5.54 Å².